The highest BCUT2D eigenvalue weighted by Gasteiger charge is 2.37. The molecular formula is C9H16IN. The summed E-state index contributed by atoms with van der Waals surface area (Å²) in [5, 5.41) is 0. The summed E-state index contributed by atoms with van der Waals surface area (Å²) in [5.41, 5.74) is 0. The van der Waals surface area contributed by atoms with Crippen LogP contribution in [0.25, 0.3) is 0 Å². The van der Waals surface area contributed by atoms with E-state index in [9.17, 15) is 0 Å². The fourth-order valence-electron chi connectivity index (χ4n) is 2.70. The summed E-state index contributed by atoms with van der Waals surface area (Å²) in [6, 6.07) is 0.930. The maximum Gasteiger partial charge on any atom is 0.0225 e. The monoisotopic (exact) mass is 265 g/mol. The molecule has 0 radical (unpaired) electrons. The lowest BCUT2D eigenvalue weighted by Crippen LogP contribution is -2.35. The van der Waals surface area contributed by atoms with Crippen LogP contribution in [0.2, 0.25) is 0 Å². The predicted octanol–water partition coefficient (Wildman–Crippen LogP) is 2.85. The van der Waals surface area contributed by atoms with Crippen molar-refractivity contribution in [2.24, 2.45) is 11.8 Å². The maximum atomic E-state index is 2.55. The van der Waals surface area contributed by atoms with Gasteiger partial charge in [-0.25, -0.2) is 3.11 Å². The zero-order valence-electron chi connectivity index (χ0n) is 7.09. The lowest BCUT2D eigenvalue weighted by Gasteiger charge is -2.32. The predicted molar refractivity (Wildman–Crippen MR) is 55.6 cm³/mol. The Morgan fingerprint density at radius 3 is 2.91 bits per heavy atom. The first-order chi connectivity index (χ1) is 5.27. The fourth-order valence-corrected chi connectivity index (χ4v) is 3.72. The molecule has 2 aliphatic rings. The standard InChI is InChI=1S/C9H16IN/c1-7-5-8-3-2-4-11(10)9(8)6-7/h7-9H,2-6H2,1H3/t7?,8-,9?/m1/s1. The van der Waals surface area contributed by atoms with Gasteiger partial charge in [-0.05, 0) is 37.5 Å². The molecule has 0 bridgehead atoms. The first kappa shape index (κ1) is 8.30. The van der Waals surface area contributed by atoms with Crippen LogP contribution >= 0.6 is 22.9 Å². The summed E-state index contributed by atoms with van der Waals surface area (Å²) in [7, 11) is 0. The van der Waals surface area contributed by atoms with Gasteiger partial charge in [-0.2, -0.15) is 0 Å². The minimum atomic E-state index is 0.930. The molecule has 1 heterocycles. The van der Waals surface area contributed by atoms with Crippen molar-refractivity contribution in [1.29, 1.82) is 0 Å². The van der Waals surface area contributed by atoms with Gasteiger partial charge < -0.3 is 0 Å². The zero-order valence-corrected chi connectivity index (χ0v) is 9.25. The van der Waals surface area contributed by atoms with Gasteiger partial charge in [0.1, 0.15) is 0 Å². The van der Waals surface area contributed by atoms with Gasteiger partial charge in [0, 0.05) is 35.5 Å². The Labute approximate surface area is 83.0 Å². The number of nitrogens with zero attached hydrogens (tertiary/aromatic N) is 1. The molecule has 0 spiro atoms. The zero-order chi connectivity index (χ0) is 7.84. The molecule has 64 valence electrons. The van der Waals surface area contributed by atoms with Gasteiger partial charge in [-0.1, -0.05) is 6.92 Å². The van der Waals surface area contributed by atoms with E-state index in [1.165, 1.54) is 32.2 Å². The van der Waals surface area contributed by atoms with Crippen molar-refractivity contribution in [3.05, 3.63) is 0 Å². The molecule has 2 rings (SSSR count). The number of hydrogen-bond donors (Lipinski definition) is 0. The van der Waals surface area contributed by atoms with Crippen molar-refractivity contribution in [1.82, 2.24) is 3.11 Å². The number of halogens is 1. The van der Waals surface area contributed by atoms with Crippen LogP contribution in [0.3, 0.4) is 0 Å². The first-order valence-electron chi connectivity index (χ1n) is 4.70. The van der Waals surface area contributed by atoms with Crippen LogP contribution in [0.15, 0.2) is 0 Å². The largest absolute Gasteiger partial charge is 0.244 e. The van der Waals surface area contributed by atoms with Crippen LogP contribution in [0.1, 0.15) is 32.6 Å². The summed E-state index contributed by atoms with van der Waals surface area (Å²) in [4.78, 5) is 0. The topological polar surface area (TPSA) is 3.24 Å². The number of rotatable bonds is 0. The lowest BCUT2D eigenvalue weighted by atomic mass is 9.94. The first-order valence-corrected chi connectivity index (χ1v) is 5.66. The quantitative estimate of drug-likeness (QED) is 0.481. The lowest BCUT2D eigenvalue weighted by molar-refractivity contribution is 0.237. The van der Waals surface area contributed by atoms with Gasteiger partial charge in [0.05, 0.1) is 0 Å². The molecule has 3 atom stereocenters. The summed E-state index contributed by atoms with van der Waals surface area (Å²) in [5.74, 6) is 2.02. The van der Waals surface area contributed by atoms with E-state index in [1.54, 1.807) is 0 Å². The number of hydrogen-bond acceptors (Lipinski definition) is 1. The molecule has 1 aliphatic carbocycles. The molecule has 2 heteroatoms. The van der Waals surface area contributed by atoms with E-state index in [1.807, 2.05) is 0 Å². The summed E-state index contributed by atoms with van der Waals surface area (Å²) >= 11 is 2.52. The molecule has 0 aromatic rings. The molecule has 0 amide bonds. The van der Waals surface area contributed by atoms with Crippen LogP contribution < -0.4 is 0 Å². The average molecular weight is 265 g/mol. The van der Waals surface area contributed by atoms with Gasteiger partial charge in [-0.15, -0.1) is 0 Å². The molecule has 0 aromatic heterocycles. The van der Waals surface area contributed by atoms with Gasteiger partial charge in [-0.3, -0.25) is 0 Å². The fraction of sp³-hybridized carbons (Fsp3) is 1.00. The van der Waals surface area contributed by atoms with Crippen LogP contribution in [-0.2, 0) is 0 Å². The maximum absolute atomic E-state index is 2.55. The van der Waals surface area contributed by atoms with E-state index < -0.39 is 0 Å². The highest BCUT2D eigenvalue weighted by Crippen LogP contribution is 2.41. The van der Waals surface area contributed by atoms with Crippen LogP contribution in [0.4, 0.5) is 0 Å². The third kappa shape index (κ3) is 1.57. The van der Waals surface area contributed by atoms with E-state index in [0.29, 0.717) is 0 Å². The Morgan fingerprint density at radius 2 is 2.18 bits per heavy atom. The molecule has 2 unspecified atom stereocenters. The second kappa shape index (κ2) is 3.21. The smallest absolute Gasteiger partial charge is 0.0225 e. The normalized spacial score (nSPS) is 45.8. The molecule has 11 heavy (non-hydrogen) atoms. The minimum absolute atomic E-state index is 0.930. The highest BCUT2D eigenvalue weighted by molar-refractivity contribution is 14.1. The molecule has 1 saturated heterocycles. The third-order valence-electron chi connectivity index (χ3n) is 3.20. The second-order valence-electron chi connectivity index (χ2n) is 4.17. The minimum Gasteiger partial charge on any atom is -0.244 e. The third-order valence-corrected chi connectivity index (χ3v) is 4.40. The van der Waals surface area contributed by atoms with Crippen LogP contribution in [0, 0.1) is 11.8 Å². The van der Waals surface area contributed by atoms with E-state index in [-0.39, 0.29) is 0 Å². The summed E-state index contributed by atoms with van der Waals surface area (Å²) in [6.07, 6.45) is 5.86. The number of piperidine rings is 1. The molecule has 1 aliphatic heterocycles. The Kier molecular flexibility index (Phi) is 2.42. The van der Waals surface area contributed by atoms with Crippen molar-refractivity contribution in [3.8, 4) is 0 Å². The molecular weight excluding hydrogens is 249 g/mol. The SMILES string of the molecule is CC1CC2[C@H](CCCN2I)C1. The van der Waals surface area contributed by atoms with Crippen LogP contribution in [-0.4, -0.2) is 15.7 Å². The van der Waals surface area contributed by atoms with E-state index in [0.717, 1.165) is 17.9 Å². The van der Waals surface area contributed by atoms with Crippen molar-refractivity contribution in [2.75, 3.05) is 6.54 Å². The Hall–Kier alpha value is 0.690. The Bertz CT molecular complexity index is 148. The van der Waals surface area contributed by atoms with Crippen molar-refractivity contribution in [3.63, 3.8) is 0 Å². The molecule has 0 aromatic carbocycles. The van der Waals surface area contributed by atoms with E-state index in [4.69, 9.17) is 0 Å². The van der Waals surface area contributed by atoms with Gasteiger partial charge >= 0.3 is 0 Å². The second-order valence-corrected chi connectivity index (χ2v) is 5.41. The van der Waals surface area contributed by atoms with Crippen molar-refractivity contribution >= 4 is 22.9 Å². The van der Waals surface area contributed by atoms with E-state index in [2.05, 4.69) is 32.9 Å². The van der Waals surface area contributed by atoms with Crippen LogP contribution in [0.5, 0.6) is 0 Å². The average Bonchev–Trinajstić information content (AvgIpc) is 2.31. The Balaban J connectivity index is 2.03. The Morgan fingerprint density at radius 1 is 1.36 bits per heavy atom. The molecule has 2 fully saturated rings. The van der Waals surface area contributed by atoms with E-state index >= 15 is 0 Å². The van der Waals surface area contributed by atoms with Crippen molar-refractivity contribution < 1.29 is 0 Å². The summed E-state index contributed by atoms with van der Waals surface area (Å²) < 4.78 is 2.55. The van der Waals surface area contributed by atoms with Crippen molar-refractivity contribution in [2.45, 2.75) is 38.6 Å². The van der Waals surface area contributed by atoms with Gasteiger partial charge in [0.25, 0.3) is 0 Å². The van der Waals surface area contributed by atoms with Gasteiger partial charge in [0.15, 0.2) is 0 Å². The number of fused-ring (bicyclic) bond motifs is 1. The summed E-state index contributed by atoms with van der Waals surface area (Å²) in [6.45, 7) is 3.73. The molecule has 1 nitrogen and oxygen atoms in total. The molecule has 1 saturated carbocycles. The van der Waals surface area contributed by atoms with Gasteiger partial charge in [0.2, 0.25) is 0 Å². The highest BCUT2D eigenvalue weighted by atomic mass is 127. The molecule has 0 N–H and O–H groups in total.